The van der Waals surface area contributed by atoms with Gasteiger partial charge in [-0.25, -0.2) is 9.89 Å². The number of piperidine rings is 1. The van der Waals surface area contributed by atoms with Crippen molar-refractivity contribution in [1.29, 1.82) is 0 Å². The lowest BCUT2D eigenvalue weighted by Gasteiger charge is -2.29. The molecule has 1 saturated heterocycles. The van der Waals surface area contributed by atoms with E-state index in [1.54, 1.807) is 4.90 Å². The van der Waals surface area contributed by atoms with Crippen LogP contribution in [0.15, 0.2) is 25.8 Å². The fraction of sp³-hybridized carbons (Fsp3) is 0.421. The number of rotatable bonds is 2. The van der Waals surface area contributed by atoms with Crippen LogP contribution in [-0.2, 0) is 0 Å². The van der Waals surface area contributed by atoms with Gasteiger partial charge >= 0.3 is 5.76 Å². The first kappa shape index (κ1) is 16.6. The minimum atomic E-state index is -0.540. The normalized spacial score (nSPS) is 15.7. The lowest BCUT2D eigenvalue weighted by Crippen LogP contribution is -2.38. The number of nitrogens with zero attached hydrogens (tertiary/aromatic N) is 2. The van der Waals surface area contributed by atoms with Crippen molar-refractivity contribution in [2.45, 2.75) is 39.5 Å². The van der Waals surface area contributed by atoms with Gasteiger partial charge < -0.3 is 13.7 Å². The molecule has 1 aliphatic heterocycles. The summed E-state index contributed by atoms with van der Waals surface area (Å²) >= 11 is 0. The first-order valence-electron chi connectivity index (χ1n) is 8.79. The number of nitrogens with one attached hydrogen (secondary N) is 1. The van der Waals surface area contributed by atoms with Gasteiger partial charge in [0.2, 0.25) is 5.89 Å². The Hall–Kier alpha value is -2.83. The molecule has 0 atom stereocenters. The van der Waals surface area contributed by atoms with E-state index in [4.69, 9.17) is 8.83 Å². The Labute approximate surface area is 150 Å². The van der Waals surface area contributed by atoms with Crippen molar-refractivity contribution in [3.63, 3.8) is 0 Å². The van der Waals surface area contributed by atoms with Gasteiger partial charge in [0.15, 0.2) is 5.76 Å². The van der Waals surface area contributed by atoms with Crippen molar-refractivity contribution in [3.05, 3.63) is 51.0 Å². The Morgan fingerprint density at radius 1 is 1.15 bits per heavy atom. The molecule has 7 nitrogen and oxygen atoms in total. The fourth-order valence-electron chi connectivity index (χ4n) is 3.77. The molecule has 1 N–H and O–H groups in total. The Balaban J connectivity index is 1.57. The van der Waals surface area contributed by atoms with Crippen LogP contribution >= 0.6 is 0 Å². The number of carbonyl (C=O) groups excluding carboxylic acids is 1. The highest BCUT2D eigenvalue weighted by molar-refractivity contribution is 6.00. The number of likely N-dealkylation sites (tertiary alicyclic amines) is 1. The van der Waals surface area contributed by atoms with E-state index >= 15 is 0 Å². The number of H-pyrrole nitrogens is 1. The maximum Gasteiger partial charge on any atom is 0.434 e. The van der Waals surface area contributed by atoms with Crippen LogP contribution in [0.25, 0.3) is 11.0 Å². The van der Waals surface area contributed by atoms with Crippen molar-refractivity contribution in [3.8, 4) is 0 Å². The molecule has 7 heteroatoms. The average molecular weight is 355 g/mol. The van der Waals surface area contributed by atoms with E-state index < -0.39 is 5.76 Å². The molecule has 0 aliphatic carbocycles. The van der Waals surface area contributed by atoms with Crippen molar-refractivity contribution >= 4 is 16.9 Å². The zero-order chi connectivity index (χ0) is 18.4. The van der Waals surface area contributed by atoms with Gasteiger partial charge in [0.25, 0.3) is 5.91 Å². The summed E-state index contributed by atoms with van der Waals surface area (Å²) in [7, 11) is 0. The molecule has 0 bridgehead atoms. The van der Waals surface area contributed by atoms with E-state index in [0.29, 0.717) is 37.6 Å². The predicted molar refractivity (Wildman–Crippen MR) is 95.4 cm³/mol. The number of benzene rings is 1. The van der Waals surface area contributed by atoms with Gasteiger partial charge in [0, 0.05) is 30.0 Å². The van der Waals surface area contributed by atoms with Crippen molar-refractivity contribution in [2.75, 3.05) is 13.1 Å². The Morgan fingerprint density at radius 2 is 1.85 bits per heavy atom. The fourth-order valence-corrected chi connectivity index (χ4v) is 3.77. The molecular weight excluding hydrogens is 334 g/mol. The zero-order valence-corrected chi connectivity index (χ0v) is 15.1. The van der Waals surface area contributed by atoms with Gasteiger partial charge in [-0.3, -0.25) is 4.79 Å². The first-order chi connectivity index (χ1) is 12.5. The average Bonchev–Trinajstić information content (AvgIpc) is 3.22. The molecule has 0 spiro atoms. The number of fused-ring (bicyclic) bond motifs is 1. The summed E-state index contributed by atoms with van der Waals surface area (Å²) in [6.07, 6.45) is 1.41. The molecule has 1 amide bonds. The third-order valence-electron chi connectivity index (χ3n) is 5.26. The van der Waals surface area contributed by atoms with Crippen LogP contribution < -0.4 is 5.76 Å². The summed E-state index contributed by atoms with van der Waals surface area (Å²) in [5.74, 6) is 0.274. The Morgan fingerprint density at radius 3 is 2.46 bits per heavy atom. The molecule has 0 unspecified atom stereocenters. The van der Waals surface area contributed by atoms with E-state index in [9.17, 15) is 9.59 Å². The van der Waals surface area contributed by atoms with Crippen LogP contribution in [0, 0.1) is 20.8 Å². The molecule has 3 aromatic rings. The SMILES string of the molecule is Cc1ccc(C)c2c(C)c(C(=O)N3CCC(c4n[nH]c(=O)o4)CC3)oc12. The van der Waals surface area contributed by atoms with E-state index in [2.05, 4.69) is 16.3 Å². The van der Waals surface area contributed by atoms with Gasteiger partial charge in [0.05, 0.1) is 0 Å². The smallest absolute Gasteiger partial charge is 0.434 e. The molecule has 136 valence electrons. The van der Waals surface area contributed by atoms with Gasteiger partial charge in [0.1, 0.15) is 5.58 Å². The van der Waals surface area contributed by atoms with Gasteiger partial charge in [-0.1, -0.05) is 12.1 Å². The quantitative estimate of drug-likeness (QED) is 0.763. The number of hydrogen-bond donors (Lipinski definition) is 1. The monoisotopic (exact) mass is 355 g/mol. The topological polar surface area (TPSA) is 92.3 Å². The van der Waals surface area contributed by atoms with E-state index in [-0.39, 0.29) is 11.8 Å². The summed E-state index contributed by atoms with van der Waals surface area (Å²) in [5.41, 5.74) is 3.82. The van der Waals surface area contributed by atoms with Gasteiger partial charge in [-0.15, -0.1) is 5.10 Å². The number of hydrogen-bond acceptors (Lipinski definition) is 5. The molecule has 0 saturated carbocycles. The Bertz CT molecular complexity index is 1030. The van der Waals surface area contributed by atoms with Crippen LogP contribution in [0.5, 0.6) is 0 Å². The second-order valence-electron chi connectivity index (χ2n) is 6.98. The lowest BCUT2D eigenvalue weighted by molar-refractivity contribution is 0.0675. The van der Waals surface area contributed by atoms with Crippen LogP contribution in [0.3, 0.4) is 0 Å². The number of carbonyl (C=O) groups is 1. The number of aromatic nitrogens is 2. The molecule has 2 aromatic heterocycles. The zero-order valence-electron chi connectivity index (χ0n) is 15.1. The second kappa shape index (κ2) is 6.16. The number of amides is 1. The molecule has 1 aliphatic rings. The van der Waals surface area contributed by atoms with Crippen LogP contribution in [-0.4, -0.2) is 34.1 Å². The maximum absolute atomic E-state index is 13.0. The summed E-state index contributed by atoms with van der Waals surface area (Å²) in [6.45, 7) is 7.11. The maximum atomic E-state index is 13.0. The molecule has 1 aromatic carbocycles. The minimum absolute atomic E-state index is 0.0549. The second-order valence-corrected chi connectivity index (χ2v) is 6.98. The largest absolute Gasteiger partial charge is 0.450 e. The highest BCUT2D eigenvalue weighted by atomic mass is 16.4. The van der Waals surface area contributed by atoms with Crippen molar-refractivity contribution < 1.29 is 13.6 Å². The van der Waals surface area contributed by atoms with Crippen LogP contribution in [0.4, 0.5) is 0 Å². The van der Waals surface area contributed by atoms with Gasteiger partial charge in [-0.05, 0) is 44.7 Å². The molecule has 1 fully saturated rings. The molecular formula is C19H21N3O4. The van der Waals surface area contributed by atoms with Crippen LogP contribution in [0.2, 0.25) is 0 Å². The molecule has 26 heavy (non-hydrogen) atoms. The lowest BCUT2D eigenvalue weighted by atomic mass is 9.96. The first-order valence-corrected chi connectivity index (χ1v) is 8.79. The summed E-state index contributed by atoms with van der Waals surface area (Å²) in [5, 5.41) is 7.22. The standard InChI is InChI=1S/C19H21N3O4/c1-10-4-5-11(2)15-14(10)12(3)16(25-15)18(23)22-8-6-13(7-9-22)17-20-21-19(24)26-17/h4-5,13H,6-9H2,1-3H3,(H,21,24). The number of aromatic amines is 1. The van der Waals surface area contributed by atoms with Crippen molar-refractivity contribution in [1.82, 2.24) is 15.1 Å². The van der Waals surface area contributed by atoms with Crippen LogP contribution in [0.1, 0.15) is 51.9 Å². The molecule has 4 rings (SSSR count). The van der Waals surface area contributed by atoms with E-state index in [1.165, 1.54) is 0 Å². The predicted octanol–water partition coefficient (Wildman–Crippen LogP) is 3.05. The van der Waals surface area contributed by atoms with Gasteiger partial charge in [-0.2, -0.15) is 0 Å². The number of furan rings is 1. The highest BCUT2D eigenvalue weighted by Crippen LogP contribution is 2.33. The Kier molecular flexibility index (Phi) is 3.94. The molecule has 0 radical (unpaired) electrons. The third kappa shape index (κ3) is 2.64. The minimum Gasteiger partial charge on any atom is -0.450 e. The third-order valence-corrected chi connectivity index (χ3v) is 5.26. The highest BCUT2D eigenvalue weighted by Gasteiger charge is 2.30. The van der Waals surface area contributed by atoms with Crippen molar-refractivity contribution in [2.24, 2.45) is 0 Å². The number of aryl methyl sites for hydroxylation is 3. The summed E-state index contributed by atoms with van der Waals surface area (Å²) in [6, 6.07) is 4.07. The molecule has 3 heterocycles. The summed E-state index contributed by atoms with van der Waals surface area (Å²) < 4.78 is 11.0. The van der Waals surface area contributed by atoms with E-state index in [1.807, 2.05) is 26.8 Å². The van der Waals surface area contributed by atoms with E-state index in [0.717, 1.165) is 27.7 Å². The summed E-state index contributed by atoms with van der Waals surface area (Å²) in [4.78, 5) is 25.9.